The molecule has 46 heavy (non-hydrogen) atoms. The third-order valence-electron chi connectivity index (χ3n) is 7.74. The number of nitrogens with zero attached hydrogens (tertiary/aromatic N) is 1. The molecule has 0 aliphatic rings. The summed E-state index contributed by atoms with van der Waals surface area (Å²) in [6, 6.07) is 0. The van der Waals surface area contributed by atoms with Gasteiger partial charge in [-0.15, -0.1) is 0 Å². The highest BCUT2D eigenvalue weighted by Gasteiger charge is 2.20. The molecule has 0 heterocycles. The predicted octanol–water partition coefficient (Wildman–Crippen LogP) is 9.47. The minimum Gasteiger partial charge on any atom is -0.756 e. The fourth-order valence-corrected chi connectivity index (χ4v) is 5.55. The molecule has 0 saturated carbocycles. The fourth-order valence-electron chi connectivity index (χ4n) is 4.82. The van der Waals surface area contributed by atoms with E-state index in [9.17, 15) is 14.3 Å². The molecule has 0 N–H and O–H groups in total. The lowest BCUT2D eigenvalue weighted by Crippen LogP contribution is -2.37. The highest BCUT2D eigenvalue weighted by atomic mass is 31.2. The largest absolute Gasteiger partial charge is 0.756 e. The van der Waals surface area contributed by atoms with Gasteiger partial charge in [0.1, 0.15) is 19.3 Å². The van der Waals surface area contributed by atoms with Gasteiger partial charge in [-0.05, 0) is 38.5 Å². The van der Waals surface area contributed by atoms with Crippen molar-refractivity contribution in [3.8, 4) is 0 Å². The number of rotatable bonds is 34. The maximum atomic E-state index is 12.5. The number of allylic oxidation sites excluding steroid dienone is 4. The van der Waals surface area contributed by atoms with Crippen LogP contribution in [0, 0.1) is 0 Å². The second-order valence-electron chi connectivity index (χ2n) is 13.6. The molecule has 0 radical (unpaired) electrons. The van der Waals surface area contributed by atoms with Gasteiger partial charge in [0.2, 0.25) is 0 Å². The van der Waals surface area contributed by atoms with Crippen molar-refractivity contribution in [1.29, 1.82) is 0 Å². The first-order valence-corrected chi connectivity index (χ1v) is 20.0. The van der Waals surface area contributed by atoms with Crippen molar-refractivity contribution in [1.82, 2.24) is 0 Å². The molecule has 2 atom stereocenters. The Morgan fingerprint density at radius 2 is 1.24 bits per heavy atom. The van der Waals surface area contributed by atoms with Crippen molar-refractivity contribution >= 4 is 13.8 Å². The van der Waals surface area contributed by atoms with E-state index < -0.39 is 13.9 Å². The van der Waals surface area contributed by atoms with E-state index in [1.54, 1.807) is 0 Å². The molecule has 9 heteroatoms. The Hall–Kier alpha value is -1.02. The predicted molar refractivity (Wildman–Crippen MR) is 190 cm³/mol. The van der Waals surface area contributed by atoms with Gasteiger partial charge in [0.05, 0.1) is 34.4 Å². The standard InChI is InChI=1S/C37H72NO7P/c1-6-8-10-12-14-16-18-19-20-21-23-25-27-29-32-42-34-36(35-44-46(40,41)43-33-31-38(3,4)5)45-37(39)30-28-26-24-22-17-15-13-11-9-7-2/h10,12,16,18,36H,6-9,11,13-15,17,19-35H2,1-5H3/b12-10-,18-16-. The zero-order valence-corrected chi connectivity index (χ0v) is 31.4. The average molecular weight is 674 g/mol. The number of quaternary nitrogens is 1. The van der Waals surface area contributed by atoms with Gasteiger partial charge in [0.15, 0.2) is 0 Å². The van der Waals surface area contributed by atoms with Gasteiger partial charge in [0.25, 0.3) is 7.82 Å². The molecule has 0 rings (SSSR count). The Kier molecular flexibility index (Phi) is 30.6. The number of likely N-dealkylation sites (N-methyl/N-ethyl adjacent to an activating group) is 1. The van der Waals surface area contributed by atoms with E-state index in [4.69, 9.17) is 18.5 Å². The number of ether oxygens (including phenoxy) is 2. The molecule has 2 unspecified atom stereocenters. The average Bonchev–Trinajstić information content (AvgIpc) is 2.99. The van der Waals surface area contributed by atoms with Crippen LogP contribution in [0.1, 0.15) is 149 Å². The Bertz CT molecular complexity index is 797. The van der Waals surface area contributed by atoms with Crippen LogP contribution in [0.4, 0.5) is 0 Å². The van der Waals surface area contributed by atoms with E-state index in [-0.39, 0.29) is 25.8 Å². The number of phosphoric acid groups is 1. The summed E-state index contributed by atoms with van der Waals surface area (Å²) in [6.45, 7) is 5.30. The van der Waals surface area contributed by atoms with Gasteiger partial charge in [-0.25, -0.2) is 0 Å². The van der Waals surface area contributed by atoms with Crippen molar-refractivity contribution in [2.45, 2.75) is 155 Å². The minimum atomic E-state index is -4.51. The summed E-state index contributed by atoms with van der Waals surface area (Å²) in [5.74, 6) is -0.341. The van der Waals surface area contributed by atoms with Gasteiger partial charge < -0.3 is 27.9 Å². The first kappa shape index (κ1) is 45.0. The van der Waals surface area contributed by atoms with Crippen LogP contribution in [0.2, 0.25) is 0 Å². The molecule has 0 fully saturated rings. The lowest BCUT2D eigenvalue weighted by atomic mass is 10.1. The summed E-state index contributed by atoms with van der Waals surface area (Å²) in [4.78, 5) is 24.8. The van der Waals surface area contributed by atoms with Crippen molar-refractivity contribution < 1.29 is 37.3 Å². The number of carbonyl (C=O) groups excluding carboxylic acids is 1. The van der Waals surface area contributed by atoms with Gasteiger partial charge >= 0.3 is 5.97 Å². The Morgan fingerprint density at radius 3 is 1.85 bits per heavy atom. The molecule has 0 saturated heterocycles. The van der Waals surface area contributed by atoms with Gasteiger partial charge in [-0.2, -0.15) is 0 Å². The molecule has 0 aromatic heterocycles. The van der Waals surface area contributed by atoms with Crippen LogP contribution in [0.5, 0.6) is 0 Å². The molecule has 0 aliphatic carbocycles. The number of phosphoric ester groups is 1. The van der Waals surface area contributed by atoms with Gasteiger partial charge in [-0.1, -0.05) is 128 Å². The van der Waals surface area contributed by atoms with Gasteiger partial charge in [-0.3, -0.25) is 9.36 Å². The molecule has 8 nitrogen and oxygen atoms in total. The zero-order valence-electron chi connectivity index (χ0n) is 30.5. The van der Waals surface area contributed by atoms with Crippen molar-refractivity contribution in [3.63, 3.8) is 0 Å². The summed E-state index contributed by atoms with van der Waals surface area (Å²) >= 11 is 0. The van der Waals surface area contributed by atoms with Crippen molar-refractivity contribution in [2.75, 3.05) is 54.1 Å². The molecular formula is C37H72NO7P. The number of unbranched alkanes of at least 4 members (excludes halogenated alkanes) is 16. The van der Waals surface area contributed by atoms with E-state index in [0.717, 1.165) is 51.4 Å². The second-order valence-corrected chi connectivity index (χ2v) is 15.0. The maximum absolute atomic E-state index is 12.5. The van der Waals surface area contributed by atoms with Gasteiger partial charge in [0, 0.05) is 13.0 Å². The molecule has 0 aromatic carbocycles. The summed E-state index contributed by atoms with van der Waals surface area (Å²) < 4.78 is 34.4. The first-order chi connectivity index (χ1) is 22.1. The highest BCUT2D eigenvalue weighted by molar-refractivity contribution is 7.45. The third-order valence-corrected chi connectivity index (χ3v) is 8.70. The topological polar surface area (TPSA) is 94.1 Å². The number of carbonyl (C=O) groups is 1. The molecule has 0 amide bonds. The summed E-state index contributed by atoms with van der Waals surface area (Å²) in [5.41, 5.74) is 0. The van der Waals surface area contributed by atoms with Crippen LogP contribution in [0.3, 0.4) is 0 Å². The number of hydrogen-bond acceptors (Lipinski definition) is 7. The molecule has 0 aromatic rings. The van der Waals surface area contributed by atoms with E-state index in [1.807, 2.05) is 21.1 Å². The normalized spacial score (nSPS) is 14.3. The maximum Gasteiger partial charge on any atom is 0.306 e. The highest BCUT2D eigenvalue weighted by Crippen LogP contribution is 2.38. The zero-order chi connectivity index (χ0) is 34.2. The Balaban J connectivity index is 4.31. The lowest BCUT2D eigenvalue weighted by molar-refractivity contribution is -0.870. The van der Waals surface area contributed by atoms with Crippen LogP contribution in [-0.2, 0) is 27.9 Å². The summed E-state index contributed by atoms with van der Waals surface area (Å²) in [5, 5.41) is 0. The van der Waals surface area contributed by atoms with Crippen LogP contribution in [0.25, 0.3) is 0 Å². The summed E-state index contributed by atoms with van der Waals surface area (Å²) in [6.07, 6.45) is 31.8. The van der Waals surface area contributed by atoms with Crippen LogP contribution in [-0.4, -0.2) is 70.7 Å². The Morgan fingerprint density at radius 1 is 0.674 bits per heavy atom. The molecule has 0 spiro atoms. The fraction of sp³-hybridized carbons (Fsp3) is 0.865. The smallest absolute Gasteiger partial charge is 0.306 e. The van der Waals surface area contributed by atoms with Crippen LogP contribution >= 0.6 is 7.82 Å². The van der Waals surface area contributed by atoms with Crippen molar-refractivity contribution in [2.24, 2.45) is 0 Å². The van der Waals surface area contributed by atoms with Crippen LogP contribution in [0.15, 0.2) is 24.3 Å². The SMILES string of the molecule is CCC/C=C\C/C=C\CCCCCCCCOCC(COP(=O)([O-])OCC[N+](C)(C)C)OC(=O)CCCCCCCCCCCC. The quantitative estimate of drug-likeness (QED) is 0.0221. The lowest BCUT2D eigenvalue weighted by Gasteiger charge is -2.28. The summed E-state index contributed by atoms with van der Waals surface area (Å²) in [7, 11) is 1.35. The minimum absolute atomic E-state index is 0.0252. The van der Waals surface area contributed by atoms with Crippen LogP contribution < -0.4 is 4.89 Å². The molecule has 0 aliphatic heterocycles. The molecule has 0 bridgehead atoms. The van der Waals surface area contributed by atoms with E-state index in [0.29, 0.717) is 24.1 Å². The Labute approximate surface area is 283 Å². The molecule has 272 valence electrons. The van der Waals surface area contributed by atoms with E-state index >= 15 is 0 Å². The van der Waals surface area contributed by atoms with E-state index in [2.05, 4.69) is 38.2 Å². The second kappa shape index (κ2) is 31.3. The van der Waals surface area contributed by atoms with Crippen molar-refractivity contribution in [3.05, 3.63) is 24.3 Å². The molecular weight excluding hydrogens is 601 g/mol. The number of hydrogen-bond donors (Lipinski definition) is 0. The van der Waals surface area contributed by atoms with E-state index in [1.165, 1.54) is 77.0 Å². The first-order valence-electron chi connectivity index (χ1n) is 18.6. The monoisotopic (exact) mass is 674 g/mol. The number of esters is 1. The third kappa shape index (κ3) is 34.3.